The van der Waals surface area contributed by atoms with Gasteiger partial charge in [0.2, 0.25) is 11.8 Å². The number of rotatable bonds is 15. The number of ether oxygens (including phenoxy) is 1. The summed E-state index contributed by atoms with van der Waals surface area (Å²) in [5.74, 6) is -1.60. The number of likely N-dealkylation sites (tertiary alicyclic amines) is 1. The van der Waals surface area contributed by atoms with Crippen molar-refractivity contribution in [3.8, 4) is 0 Å². The second-order valence-corrected chi connectivity index (χ2v) is 16.6. The van der Waals surface area contributed by atoms with Gasteiger partial charge in [0, 0.05) is 17.3 Å². The molecule has 3 heterocycles. The van der Waals surface area contributed by atoms with E-state index in [9.17, 15) is 14.7 Å². The van der Waals surface area contributed by atoms with Crippen molar-refractivity contribution in [1.82, 2.24) is 9.80 Å². The van der Waals surface area contributed by atoms with Crippen LogP contribution in [0, 0.1) is 29.1 Å². The molecule has 3 fully saturated rings. The van der Waals surface area contributed by atoms with E-state index in [1.54, 1.807) is 22.7 Å². The summed E-state index contributed by atoms with van der Waals surface area (Å²) in [5.41, 5.74) is -0.539. The lowest BCUT2D eigenvalue weighted by molar-refractivity contribution is -0.155. The van der Waals surface area contributed by atoms with Crippen LogP contribution in [-0.4, -0.2) is 80.1 Å². The van der Waals surface area contributed by atoms with Crippen molar-refractivity contribution in [1.29, 1.82) is 0 Å². The molecule has 8 heteroatoms. The fraction of sp³-hybridized carbons (Fsp3) is 0.794. The Labute approximate surface area is 258 Å². The maximum atomic E-state index is 15.0. The molecule has 2 amide bonds. The minimum absolute atomic E-state index is 0.0329. The SMILES string of the molecule is C=CCCCCOC(=O)[C@@H]1[C@@H]2CC(C)C3(S2)C(C(=O)N(CC=C)C(C)(C)CC(C)(C)C)N([C@@H](CO)CC(C)C)C(=O)[C@H]13. The van der Waals surface area contributed by atoms with Crippen molar-refractivity contribution in [2.24, 2.45) is 29.1 Å². The highest BCUT2D eigenvalue weighted by Gasteiger charge is 2.77. The Kier molecular flexibility index (Phi) is 11.1. The molecule has 0 aromatic carbocycles. The first-order valence-corrected chi connectivity index (χ1v) is 16.8. The van der Waals surface area contributed by atoms with E-state index in [1.165, 1.54) is 0 Å². The number of fused-ring (bicyclic) bond motifs is 1. The maximum absolute atomic E-state index is 15.0. The normalized spacial score (nSPS) is 29.5. The Balaban J connectivity index is 2.09. The summed E-state index contributed by atoms with van der Waals surface area (Å²) in [6.07, 6.45) is 8.20. The Morgan fingerprint density at radius 2 is 1.86 bits per heavy atom. The number of hydrogen-bond acceptors (Lipinski definition) is 6. The third-order valence-electron chi connectivity index (χ3n) is 9.36. The molecule has 2 bridgehead atoms. The first kappa shape index (κ1) is 34.7. The van der Waals surface area contributed by atoms with Crippen LogP contribution in [0.25, 0.3) is 0 Å². The number of hydrogen-bond donors (Lipinski definition) is 1. The standard InChI is InChI=1S/C34H56N2O5S/c1-11-13-14-15-17-41-31(40)26-25-19-23(5)34(42-25)27(26)29(38)36(24(20-37)18-22(3)4)28(34)30(39)35(16-12-2)33(9,10)21-32(6,7)8/h11-12,22-28,37H,1-2,13-21H2,3-10H3/t23?,24-,25+,26-,27+,28?,34?/m1/s1. The molecule has 42 heavy (non-hydrogen) atoms. The Bertz CT molecular complexity index is 1020. The van der Waals surface area contributed by atoms with E-state index in [0.717, 1.165) is 32.1 Å². The van der Waals surface area contributed by atoms with Crippen LogP contribution in [0.4, 0.5) is 0 Å². The number of amides is 2. The van der Waals surface area contributed by atoms with E-state index < -0.39 is 34.2 Å². The van der Waals surface area contributed by atoms with E-state index in [4.69, 9.17) is 4.74 Å². The van der Waals surface area contributed by atoms with Gasteiger partial charge >= 0.3 is 5.97 Å². The topological polar surface area (TPSA) is 87.2 Å². The van der Waals surface area contributed by atoms with Crippen molar-refractivity contribution in [2.75, 3.05) is 19.8 Å². The third-order valence-corrected chi connectivity index (χ3v) is 11.4. The highest BCUT2D eigenvalue weighted by Crippen LogP contribution is 2.69. The van der Waals surface area contributed by atoms with Crippen LogP contribution < -0.4 is 0 Å². The number of carbonyl (C=O) groups excluding carboxylic acids is 3. The average Bonchev–Trinajstić information content (AvgIpc) is 3.47. The van der Waals surface area contributed by atoms with Gasteiger partial charge in [0.15, 0.2) is 0 Å². The number of aliphatic hydroxyl groups excluding tert-OH is 1. The zero-order valence-electron chi connectivity index (χ0n) is 27.4. The number of aliphatic hydroxyl groups is 1. The first-order valence-electron chi connectivity index (χ1n) is 15.9. The summed E-state index contributed by atoms with van der Waals surface area (Å²) in [4.78, 5) is 46.8. The monoisotopic (exact) mass is 604 g/mol. The lowest BCUT2D eigenvalue weighted by Crippen LogP contribution is -2.62. The van der Waals surface area contributed by atoms with E-state index in [-0.39, 0.29) is 46.9 Å². The molecule has 238 valence electrons. The summed E-state index contributed by atoms with van der Waals surface area (Å²) in [6.45, 7) is 25.1. The van der Waals surface area contributed by atoms with Gasteiger partial charge in [-0.05, 0) is 69.6 Å². The van der Waals surface area contributed by atoms with Gasteiger partial charge in [-0.2, -0.15) is 0 Å². The predicted octanol–water partition coefficient (Wildman–Crippen LogP) is 5.86. The van der Waals surface area contributed by atoms with Crippen LogP contribution in [0.15, 0.2) is 25.3 Å². The molecule has 3 aliphatic heterocycles. The Hall–Kier alpha value is -1.80. The van der Waals surface area contributed by atoms with Gasteiger partial charge in [0.05, 0.1) is 35.8 Å². The third kappa shape index (κ3) is 6.64. The smallest absolute Gasteiger partial charge is 0.310 e. The van der Waals surface area contributed by atoms with Crippen molar-refractivity contribution in [3.05, 3.63) is 25.3 Å². The molecule has 1 N–H and O–H groups in total. The second kappa shape index (κ2) is 13.5. The molecule has 0 aromatic heterocycles. The number of esters is 1. The fourth-order valence-electron chi connectivity index (χ4n) is 8.19. The number of unbranched alkanes of at least 4 members (excludes halogenated alkanes) is 2. The second-order valence-electron chi connectivity index (χ2n) is 15.0. The highest BCUT2D eigenvalue weighted by molar-refractivity contribution is 8.02. The lowest BCUT2D eigenvalue weighted by Gasteiger charge is -2.47. The molecule has 7 atom stereocenters. The minimum atomic E-state index is -0.777. The summed E-state index contributed by atoms with van der Waals surface area (Å²) in [6, 6.07) is -1.29. The van der Waals surface area contributed by atoms with Gasteiger partial charge in [-0.1, -0.05) is 53.7 Å². The van der Waals surface area contributed by atoms with Gasteiger partial charge in [-0.25, -0.2) is 0 Å². The largest absolute Gasteiger partial charge is 0.465 e. The molecule has 0 aromatic rings. The first-order chi connectivity index (χ1) is 19.6. The van der Waals surface area contributed by atoms with E-state index in [1.807, 2.05) is 11.0 Å². The van der Waals surface area contributed by atoms with Crippen molar-refractivity contribution >= 4 is 29.5 Å². The van der Waals surface area contributed by atoms with Crippen molar-refractivity contribution in [3.63, 3.8) is 0 Å². The van der Waals surface area contributed by atoms with Crippen LogP contribution in [0.3, 0.4) is 0 Å². The molecule has 1 spiro atoms. The van der Waals surface area contributed by atoms with E-state index >= 15 is 4.79 Å². The number of allylic oxidation sites excluding steroid dienone is 1. The quantitative estimate of drug-likeness (QED) is 0.143. The molecule has 3 unspecified atom stereocenters. The van der Waals surface area contributed by atoms with E-state index in [2.05, 4.69) is 68.5 Å². The molecule has 7 nitrogen and oxygen atoms in total. The molecule has 3 rings (SSSR count). The Morgan fingerprint density at radius 1 is 1.19 bits per heavy atom. The molecule has 0 saturated carbocycles. The molecular weight excluding hydrogens is 548 g/mol. The van der Waals surface area contributed by atoms with Gasteiger partial charge < -0.3 is 19.6 Å². The average molecular weight is 605 g/mol. The van der Waals surface area contributed by atoms with Crippen LogP contribution in [0.1, 0.15) is 93.9 Å². The van der Waals surface area contributed by atoms with E-state index in [0.29, 0.717) is 19.6 Å². The van der Waals surface area contributed by atoms with Gasteiger partial charge in [-0.3, -0.25) is 14.4 Å². The zero-order valence-corrected chi connectivity index (χ0v) is 28.2. The van der Waals surface area contributed by atoms with Gasteiger partial charge in [0.25, 0.3) is 0 Å². The molecule has 0 radical (unpaired) electrons. The predicted molar refractivity (Wildman–Crippen MR) is 171 cm³/mol. The van der Waals surface area contributed by atoms with Crippen molar-refractivity contribution in [2.45, 2.75) is 122 Å². The number of nitrogens with zero attached hydrogens (tertiary/aromatic N) is 2. The van der Waals surface area contributed by atoms with Gasteiger partial charge in [0.1, 0.15) is 6.04 Å². The summed E-state index contributed by atoms with van der Waals surface area (Å²) in [5, 5.41) is 10.6. The summed E-state index contributed by atoms with van der Waals surface area (Å²) < 4.78 is 5.02. The minimum Gasteiger partial charge on any atom is -0.465 e. The summed E-state index contributed by atoms with van der Waals surface area (Å²) in [7, 11) is 0. The highest BCUT2D eigenvalue weighted by atomic mass is 32.2. The maximum Gasteiger partial charge on any atom is 0.310 e. The molecule has 3 aliphatic rings. The number of carbonyl (C=O) groups is 3. The summed E-state index contributed by atoms with van der Waals surface area (Å²) >= 11 is 1.66. The zero-order chi connectivity index (χ0) is 31.6. The molecular formula is C34H56N2O5S. The fourth-order valence-corrected chi connectivity index (χ4v) is 10.6. The molecule has 0 aliphatic carbocycles. The van der Waals surface area contributed by atoms with Crippen molar-refractivity contribution < 1.29 is 24.2 Å². The lowest BCUT2D eigenvalue weighted by atomic mass is 9.66. The Morgan fingerprint density at radius 3 is 2.40 bits per heavy atom. The van der Waals surface area contributed by atoms with Gasteiger partial charge in [-0.15, -0.1) is 24.9 Å². The van der Waals surface area contributed by atoms with Crippen LogP contribution >= 0.6 is 11.8 Å². The van der Waals surface area contributed by atoms with Crippen LogP contribution in [0.2, 0.25) is 0 Å². The van der Waals surface area contributed by atoms with Crippen LogP contribution in [0.5, 0.6) is 0 Å². The molecule has 3 saturated heterocycles. The van der Waals surface area contributed by atoms with Crippen LogP contribution in [-0.2, 0) is 19.1 Å². The number of thioether (sulfide) groups is 1.